The highest BCUT2D eigenvalue weighted by Crippen LogP contribution is 2.25. The van der Waals surface area contributed by atoms with Crippen LogP contribution in [0.4, 0.5) is 21.5 Å². The molecule has 2 N–H and O–H groups in total. The average Bonchev–Trinajstić information content (AvgIpc) is 2.79. The Bertz CT molecular complexity index is 1290. The van der Waals surface area contributed by atoms with E-state index in [0.29, 0.717) is 28.4 Å². The number of ether oxygens (including phenoxy) is 1. The van der Waals surface area contributed by atoms with Crippen molar-refractivity contribution >= 4 is 38.9 Å². The number of hydrogen-bond donors (Lipinski definition) is 2. The van der Waals surface area contributed by atoms with E-state index in [-0.39, 0.29) is 23.2 Å². The van der Waals surface area contributed by atoms with Crippen LogP contribution in [0.3, 0.4) is 0 Å². The van der Waals surface area contributed by atoms with Gasteiger partial charge in [-0.05, 0) is 79.2 Å². The smallest absolute Gasteiger partial charge is 0.264 e. The summed E-state index contributed by atoms with van der Waals surface area (Å²) in [5, 5.41) is 5.23. The summed E-state index contributed by atoms with van der Waals surface area (Å²) in [5.74, 6) is -0.680. The molecule has 3 aromatic rings. The molecule has 0 atom stereocenters. The van der Waals surface area contributed by atoms with Crippen LogP contribution in [0.25, 0.3) is 0 Å². The van der Waals surface area contributed by atoms with Crippen molar-refractivity contribution in [3.8, 4) is 5.75 Å². The highest BCUT2D eigenvalue weighted by atomic mass is 32.2. The van der Waals surface area contributed by atoms with Crippen molar-refractivity contribution in [2.75, 3.05) is 28.6 Å². The minimum absolute atomic E-state index is 0.0668. The summed E-state index contributed by atoms with van der Waals surface area (Å²) < 4.78 is 45.6. The number of benzene rings is 3. The Balaban J connectivity index is 1.61. The second kappa shape index (κ2) is 10.3. The molecule has 0 radical (unpaired) electrons. The molecule has 8 nitrogen and oxygen atoms in total. The van der Waals surface area contributed by atoms with Crippen molar-refractivity contribution in [2.45, 2.75) is 18.7 Å². The van der Waals surface area contributed by atoms with Gasteiger partial charge in [0, 0.05) is 25.3 Å². The van der Waals surface area contributed by atoms with Crippen LogP contribution in [0, 0.1) is 12.7 Å². The fourth-order valence-electron chi connectivity index (χ4n) is 3.07. The Morgan fingerprint density at radius 2 is 1.62 bits per heavy atom. The zero-order chi connectivity index (χ0) is 24.9. The zero-order valence-corrected chi connectivity index (χ0v) is 19.6. The fraction of sp³-hybridized carbons (Fsp3) is 0.167. The van der Waals surface area contributed by atoms with Crippen LogP contribution < -0.4 is 19.7 Å². The third-order valence-electron chi connectivity index (χ3n) is 4.87. The number of anilines is 3. The van der Waals surface area contributed by atoms with Gasteiger partial charge in [0.15, 0.2) is 6.61 Å². The summed E-state index contributed by atoms with van der Waals surface area (Å²) in [6, 6.07) is 16.1. The minimum atomic E-state index is -3.83. The zero-order valence-electron chi connectivity index (χ0n) is 18.8. The van der Waals surface area contributed by atoms with Crippen molar-refractivity contribution < 1.29 is 27.1 Å². The van der Waals surface area contributed by atoms with Gasteiger partial charge in [0.1, 0.15) is 11.6 Å². The predicted octanol–water partition coefficient (Wildman–Crippen LogP) is 3.94. The number of hydrogen-bond acceptors (Lipinski definition) is 5. The van der Waals surface area contributed by atoms with E-state index in [1.165, 1.54) is 56.4 Å². The van der Waals surface area contributed by atoms with E-state index in [9.17, 15) is 22.4 Å². The van der Waals surface area contributed by atoms with Crippen LogP contribution >= 0.6 is 0 Å². The average molecular weight is 486 g/mol. The van der Waals surface area contributed by atoms with Crippen molar-refractivity contribution in [3.63, 3.8) is 0 Å². The highest BCUT2D eigenvalue weighted by Gasteiger charge is 2.21. The van der Waals surface area contributed by atoms with E-state index < -0.39 is 15.9 Å². The summed E-state index contributed by atoms with van der Waals surface area (Å²) in [6.07, 6.45) is 0. The Labute approximate surface area is 197 Å². The lowest BCUT2D eigenvalue weighted by atomic mass is 10.2. The van der Waals surface area contributed by atoms with Gasteiger partial charge in [-0.2, -0.15) is 0 Å². The summed E-state index contributed by atoms with van der Waals surface area (Å²) in [7, 11) is -2.41. The Hall–Kier alpha value is -3.92. The first-order valence-electron chi connectivity index (χ1n) is 10.2. The van der Waals surface area contributed by atoms with Gasteiger partial charge in [0.2, 0.25) is 5.91 Å². The van der Waals surface area contributed by atoms with Crippen molar-refractivity contribution in [1.82, 2.24) is 0 Å². The number of nitrogens with zero attached hydrogens (tertiary/aromatic N) is 1. The minimum Gasteiger partial charge on any atom is -0.484 e. The number of carbonyl (C=O) groups is 2. The normalized spacial score (nSPS) is 10.9. The number of sulfonamides is 1. The molecule has 178 valence electrons. The predicted molar refractivity (Wildman–Crippen MR) is 128 cm³/mol. The molecule has 0 saturated carbocycles. The fourth-order valence-corrected chi connectivity index (χ4v) is 4.26. The second-order valence-electron chi connectivity index (χ2n) is 7.47. The molecule has 2 amide bonds. The standard InChI is InChI=1S/C24H24FN3O5S/c1-16-14-18(25)4-13-23(16)27-24(30)15-33-21-9-7-20(8-10-21)28(3)34(31,32)22-11-5-19(6-12-22)26-17(2)29/h4-14H,15H2,1-3H3,(H,26,29)(H,27,30). The molecule has 0 unspecified atom stereocenters. The molecule has 3 aromatic carbocycles. The Morgan fingerprint density at radius 1 is 0.971 bits per heavy atom. The van der Waals surface area contributed by atoms with Crippen LogP contribution in [0.2, 0.25) is 0 Å². The van der Waals surface area contributed by atoms with Gasteiger partial charge in [-0.15, -0.1) is 0 Å². The molecule has 0 spiro atoms. The first kappa shape index (κ1) is 24.7. The second-order valence-corrected chi connectivity index (χ2v) is 9.44. The van der Waals surface area contributed by atoms with Crippen molar-refractivity contribution in [3.05, 3.63) is 78.1 Å². The quantitative estimate of drug-likeness (QED) is 0.503. The van der Waals surface area contributed by atoms with E-state index in [1.54, 1.807) is 31.2 Å². The van der Waals surface area contributed by atoms with Crippen LogP contribution in [-0.4, -0.2) is 33.9 Å². The third kappa shape index (κ3) is 6.10. The molecular weight excluding hydrogens is 461 g/mol. The number of rotatable bonds is 8. The SMILES string of the molecule is CC(=O)Nc1ccc(S(=O)(=O)N(C)c2ccc(OCC(=O)Nc3ccc(F)cc3C)cc2)cc1. The van der Waals surface area contributed by atoms with Gasteiger partial charge in [-0.25, -0.2) is 12.8 Å². The molecule has 0 saturated heterocycles. The lowest BCUT2D eigenvalue weighted by Gasteiger charge is -2.20. The van der Waals surface area contributed by atoms with Gasteiger partial charge in [-0.1, -0.05) is 0 Å². The van der Waals surface area contributed by atoms with Gasteiger partial charge < -0.3 is 15.4 Å². The maximum absolute atomic E-state index is 13.2. The molecule has 0 bridgehead atoms. The van der Waals surface area contributed by atoms with Crippen molar-refractivity contribution in [2.24, 2.45) is 0 Å². The topological polar surface area (TPSA) is 105 Å². The maximum Gasteiger partial charge on any atom is 0.264 e. The number of halogens is 1. The lowest BCUT2D eigenvalue weighted by Crippen LogP contribution is -2.26. The van der Waals surface area contributed by atoms with Crippen LogP contribution in [0.15, 0.2) is 71.6 Å². The van der Waals surface area contributed by atoms with E-state index >= 15 is 0 Å². The number of nitrogens with one attached hydrogen (secondary N) is 2. The van der Waals surface area contributed by atoms with Gasteiger partial charge in [-0.3, -0.25) is 13.9 Å². The molecule has 0 aliphatic heterocycles. The van der Waals surface area contributed by atoms with Crippen LogP contribution in [-0.2, 0) is 19.6 Å². The third-order valence-corrected chi connectivity index (χ3v) is 6.67. The molecule has 0 aromatic heterocycles. The monoisotopic (exact) mass is 485 g/mol. The molecule has 3 rings (SSSR count). The molecule has 0 aliphatic rings. The van der Waals surface area contributed by atoms with Gasteiger partial charge in [0.25, 0.3) is 15.9 Å². The van der Waals surface area contributed by atoms with Crippen LogP contribution in [0.1, 0.15) is 12.5 Å². The first-order chi connectivity index (χ1) is 16.1. The van der Waals surface area contributed by atoms with Gasteiger partial charge >= 0.3 is 0 Å². The molecule has 0 heterocycles. The molecule has 34 heavy (non-hydrogen) atoms. The first-order valence-corrected chi connectivity index (χ1v) is 11.7. The van der Waals surface area contributed by atoms with E-state index in [2.05, 4.69) is 10.6 Å². The summed E-state index contributed by atoms with van der Waals surface area (Å²) >= 11 is 0. The van der Waals surface area contributed by atoms with E-state index in [1.807, 2.05) is 0 Å². The summed E-state index contributed by atoms with van der Waals surface area (Å²) in [5.41, 5.74) is 1.97. The van der Waals surface area contributed by atoms with E-state index in [0.717, 1.165) is 4.31 Å². The van der Waals surface area contributed by atoms with E-state index in [4.69, 9.17) is 4.74 Å². The number of carbonyl (C=O) groups excluding carboxylic acids is 2. The van der Waals surface area contributed by atoms with Gasteiger partial charge in [0.05, 0.1) is 10.6 Å². The summed E-state index contributed by atoms with van der Waals surface area (Å²) in [6.45, 7) is 2.77. The Kier molecular flexibility index (Phi) is 7.52. The molecule has 0 fully saturated rings. The summed E-state index contributed by atoms with van der Waals surface area (Å²) in [4.78, 5) is 23.3. The highest BCUT2D eigenvalue weighted by molar-refractivity contribution is 7.92. The van der Waals surface area contributed by atoms with Crippen molar-refractivity contribution in [1.29, 1.82) is 0 Å². The maximum atomic E-state index is 13.2. The largest absolute Gasteiger partial charge is 0.484 e. The molecular formula is C24H24FN3O5S. The molecule has 10 heteroatoms. The lowest BCUT2D eigenvalue weighted by molar-refractivity contribution is -0.118. The van der Waals surface area contributed by atoms with Crippen LogP contribution in [0.5, 0.6) is 5.75 Å². The molecule has 0 aliphatic carbocycles. The number of aryl methyl sites for hydroxylation is 1. The Morgan fingerprint density at radius 3 is 2.21 bits per heavy atom. The number of amides is 2.